The van der Waals surface area contributed by atoms with Crippen molar-refractivity contribution in [3.8, 4) is 17.3 Å². The number of nitriles is 1. The van der Waals surface area contributed by atoms with Crippen LogP contribution in [0.25, 0.3) is 11.3 Å². The molecule has 0 amide bonds. The molecule has 0 saturated carbocycles. The maximum atomic E-state index is 9.77. The highest BCUT2D eigenvalue weighted by molar-refractivity contribution is 5.79. The zero-order valence-corrected chi connectivity index (χ0v) is 19.0. The van der Waals surface area contributed by atoms with Gasteiger partial charge in [0.1, 0.15) is 5.84 Å². The second kappa shape index (κ2) is 10.5. The summed E-state index contributed by atoms with van der Waals surface area (Å²) in [6.07, 6.45) is 3.26. The van der Waals surface area contributed by atoms with E-state index in [1.807, 2.05) is 42.5 Å². The van der Waals surface area contributed by atoms with Gasteiger partial charge in [0.05, 0.1) is 36.2 Å². The molecule has 1 aliphatic heterocycles. The Morgan fingerprint density at radius 1 is 1.24 bits per heavy atom. The Labute approximate surface area is 198 Å². The van der Waals surface area contributed by atoms with Gasteiger partial charge in [-0.15, -0.1) is 0 Å². The Hall–Kier alpha value is -4.42. The molecule has 3 aromatic rings. The van der Waals surface area contributed by atoms with Gasteiger partial charge in [0.15, 0.2) is 0 Å². The molecule has 9 nitrogen and oxygen atoms in total. The van der Waals surface area contributed by atoms with Crippen molar-refractivity contribution in [2.45, 2.75) is 6.92 Å². The van der Waals surface area contributed by atoms with Gasteiger partial charge >= 0.3 is 0 Å². The normalized spacial score (nSPS) is 13.8. The van der Waals surface area contributed by atoms with Gasteiger partial charge in [-0.2, -0.15) is 10.4 Å². The number of benzene rings is 2. The molecule has 1 aliphatic rings. The number of rotatable bonds is 7. The number of nitrogens with two attached hydrogens (primary N) is 1. The first-order valence-electron chi connectivity index (χ1n) is 10.9. The van der Waals surface area contributed by atoms with Gasteiger partial charge in [-0.3, -0.25) is 0 Å². The minimum absolute atomic E-state index is 0.432. The molecule has 1 saturated heterocycles. The van der Waals surface area contributed by atoms with Crippen molar-refractivity contribution >= 4 is 28.8 Å². The Morgan fingerprint density at radius 3 is 2.68 bits per heavy atom. The number of nitrogens with zero attached hydrogens (tertiary/aromatic N) is 6. The Balaban J connectivity index is 1.54. The summed E-state index contributed by atoms with van der Waals surface area (Å²) in [6, 6.07) is 17.5. The summed E-state index contributed by atoms with van der Waals surface area (Å²) in [5.41, 5.74) is 10.3. The molecule has 0 aliphatic carbocycles. The molecule has 172 valence electrons. The van der Waals surface area contributed by atoms with Crippen molar-refractivity contribution in [3.63, 3.8) is 0 Å². The lowest BCUT2D eigenvalue weighted by Crippen LogP contribution is -2.36. The summed E-state index contributed by atoms with van der Waals surface area (Å²) in [5, 5.41) is 18.8. The first kappa shape index (κ1) is 22.8. The number of morpholine rings is 1. The van der Waals surface area contributed by atoms with E-state index in [0.29, 0.717) is 36.3 Å². The average molecular weight is 455 g/mol. The van der Waals surface area contributed by atoms with Crippen molar-refractivity contribution in [1.82, 2.24) is 9.97 Å². The molecule has 1 aromatic heterocycles. The fraction of sp³-hybridized carbons (Fsp3) is 0.200. The second-order valence-corrected chi connectivity index (χ2v) is 7.65. The summed E-state index contributed by atoms with van der Waals surface area (Å²) in [5.74, 6) is 0.866. The first-order valence-corrected chi connectivity index (χ1v) is 10.9. The lowest BCUT2D eigenvalue weighted by atomic mass is 10.0. The number of amidine groups is 1. The van der Waals surface area contributed by atoms with Crippen molar-refractivity contribution < 1.29 is 4.74 Å². The first-order chi connectivity index (χ1) is 16.6. The van der Waals surface area contributed by atoms with Gasteiger partial charge in [0.2, 0.25) is 5.95 Å². The highest BCUT2D eigenvalue weighted by atomic mass is 16.5. The van der Waals surface area contributed by atoms with Gasteiger partial charge in [0, 0.05) is 42.4 Å². The average Bonchev–Trinajstić information content (AvgIpc) is 2.88. The molecule has 0 unspecified atom stereocenters. The monoisotopic (exact) mass is 454 g/mol. The summed E-state index contributed by atoms with van der Waals surface area (Å²) in [4.78, 5) is 11.2. The number of hydrazone groups is 1. The standard InChI is InChI=1S/C25H26N8O/c1-3-33(31-18(2)27)21-6-4-20(5-7-21)29-25-28-11-10-24(30-25)23-9-8-22(16-19(23)17-26)32-12-14-34-15-13-32/h3-11,16H,1,12-15H2,2H3,(H2,27,31)(H,28,29,30). The zero-order valence-electron chi connectivity index (χ0n) is 19.0. The molecule has 0 atom stereocenters. The zero-order chi connectivity index (χ0) is 23.9. The van der Waals surface area contributed by atoms with Crippen LogP contribution >= 0.6 is 0 Å². The van der Waals surface area contributed by atoms with E-state index < -0.39 is 0 Å². The lowest BCUT2D eigenvalue weighted by Gasteiger charge is -2.29. The highest BCUT2D eigenvalue weighted by Crippen LogP contribution is 2.28. The predicted octanol–water partition coefficient (Wildman–Crippen LogP) is 3.84. The van der Waals surface area contributed by atoms with E-state index in [1.165, 1.54) is 0 Å². The maximum Gasteiger partial charge on any atom is 0.227 e. The third-order valence-electron chi connectivity index (χ3n) is 5.26. The van der Waals surface area contributed by atoms with Crippen LogP contribution in [0.5, 0.6) is 0 Å². The second-order valence-electron chi connectivity index (χ2n) is 7.65. The van der Waals surface area contributed by atoms with Crippen LogP contribution in [0.4, 0.5) is 23.0 Å². The van der Waals surface area contributed by atoms with Gasteiger partial charge in [0.25, 0.3) is 0 Å². The van der Waals surface area contributed by atoms with Gasteiger partial charge in [-0.25, -0.2) is 15.0 Å². The fourth-order valence-electron chi connectivity index (χ4n) is 3.64. The molecule has 4 rings (SSSR count). The van der Waals surface area contributed by atoms with E-state index in [2.05, 4.69) is 37.9 Å². The molecule has 2 aromatic carbocycles. The minimum atomic E-state index is 0.432. The number of hydrogen-bond donors (Lipinski definition) is 2. The largest absolute Gasteiger partial charge is 0.386 e. The highest BCUT2D eigenvalue weighted by Gasteiger charge is 2.15. The molecule has 34 heavy (non-hydrogen) atoms. The van der Waals surface area contributed by atoms with Gasteiger partial charge < -0.3 is 20.7 Å². The van der Waals surface area contributed by atoms with E-state index in [-0.39, 0.29) is 0 Å². The summed E-state index contributed by atoms with van der Waals surface area (Å²) in [7, 11) is 0. The molecular formula is C25H26N8O. The van der Waals surface area contributed by atoms with Crippen LogP contribution < -0.4 is 21.0 Å². The number of nitrogens with one attached hydrogen (secondary N) is 1. The quantitative estimate of drug-likeness (QED) is 0.314. The van der Waals surface area contributed by atoms with Crippen LogP contribution in [0.2, 0.25) is 0 Å². The van der Waals surface area contributed by atoms with Crippen molar-refractivity contribution in [2.24, 2.45) is 10.8 Å². The van der Waals surface area contributed by atoms with Crippen LogP contribution in [0.15, 0.2) is 72.6 Å². The van der Waals surface area contributed by atoms with Crippen LogP contribution in [0, 0.1) is 11.3 Å². The third kappa shape index (κ3) is 5.31. The SMILES string of the molecule is C=CN(/N=C(/C)N)c1ccc(Nc2nccc(-c3ccc(N4CCOCC4)cc3C#N)n2)cc1. The van der Waals surface area contributed by atoms with E-state index in [0.717, 1.165) is 35.7 Å². The molecule has 0 spiro atoms. The van der Waals surface area contributed by atoms with Gasteiger partial charge in [-0.1, -0.05) is 6.58 Å². The van der Waals surface area contributed by atoms with E-state index in [1.54, 1.807) is 30.4 Å². The third-order valence-corrected chi connectivity index (χ3v) is 5.26. The van der Waals surface area contributed by atoms with Crippen LogP contribution in [0.3, 0.4) is 0 Å². The lowest BCUT2D eigenvalue weighted by molar-refractivity contribution is 0.122. The topological polar surface area (TPSA) is 116 Å². The number of hydrogen-bond acceptors (Lipinski definition) is 8. The van der Waals surface area contributed by atoms with Crippen LogP contribution in [-0.2, 0) is 4.74 Å². The Bertz CT molecular complexity index is 1220. The summed E-state index contributed by atoms with van der Waals surface area (Å²) < 4.78 is 5.42. The van der Waals surface area contributed by atoms with Crippen LogP contribution in [-0.4, -0.2) is 42.1 Å². The van der Waals surface area contributed by atoms with Crippen molar-refractivity contribution in [1.29, 1.82) is 5.26 Å². The Kier molecular flexibility index (Phi) is 7.01. The number of anilines is 4. The van der Waals surface area contributed by atoms with Crippen LogP contribution in [0.1, 0.15) is 12.5 Å². The number of aromatic nitrogens is 2. The predicted molar refractivity (Wildman–Crippen MR) is 135 cm³/mol. The molecule has 9 heteroatoms. The fourth-order valence-corrected chi connectivity index (χ4v) is 3.64. The molecular weight excluding hydrogens is 428 g/mol. The number of ether oxygens (including phenoxy) is 1. The molecule has 3 N–H and O–H groups in total. The molecule has 2 heterocycles. The smallest absolute Gasteiger partial charge is 0.227 e. The van der Waals surface area contributed by atoms with E-state index >= 15 is 0 Å². The van der Waals surface area contributed by atoms with E-state index in [4.69, 9.17) is 10.5 Å². The molecule has 1 fully saturated rings. The summed E-state index contributed by atoms with van der Waals surface area (Å²) in [6.45, 7) is 8.48. The van der Waals surface area contributed by atoms with E-state index in [9.17, 15) is 5.26 Å². The minimum Gasteiger partial charge on any atom is -0.386 e. The van der Waals surface area contributed by atoms with Crippen molar-refractivity contribution in [2.75, 3.05) is 41.5 Å². The molecule has 0 bridgehead atoms. The van der Waals surface area contributed by atoms with Crippen molar-refractivity contribution in [3.05, 3.63) is 73.1 Å². The molecule has 0 radical (unpaired) electrons. The summed E-state index contributed by atoms with van der Waals surface area (Å²) >= 11 is 0. The maximum absolute atomic E-state index is 9.77. The van der Waals surface area contributed by atoms with Gasteiger partial charge in [-0.05, 0) is 55.5 Å². The Morgan fingerprint density at radius 2 is 2.00 bits per heavy atom.